The Bertz CT molecular complexity index is 175. The third kappa shape index (κ3) is 6.41. The van der Waals surface area contributed by atoms with Gasteiger partial charge in [-0.3, -0.25) is 4.79 Å². The number of rotatable bonds is 5. The van der Waals surface area contributed by atoms with Gasteiger partial charge >= 0.3 is 0 Å². The van der Waals surface area contributed by atoms with E-state index in [4.69, 9.17) is 0 Å². The van der Waals surface area contributed by atoms with Crippen LogP contribution in [0.4, 0.5) is 0 Å². The Labute approximate surface area is 96.0 Å². The Morgan fingerprint density at radius 1 is 1.36 bits per heavy atom. The quantitative estimate of drug-likeness (QED) is 0.600. The van der Waals surface area contributed by atoms with Crippen molar-refractivity contribution >= 4 is 21.8 Å². The van der Waals surface area contributed by atoms with E-state index in [1.165, 1.54) is 0 Å². The smallest absolute Gasteiger partial charge is 0.220 e. The first-order chi connectivity index (χ1) is 6.38. The van der Waals surface area contributed by atoms with Gasteiger partial charge in [0.25, 0.3) is 0 Å². The van der Waals surface area contributed by atoms with Crippen LogP contribution in [0.1, 0.15) is 47.0 Å². The fourth-order valence-electron chi connectivity index (χ4n) is 0.910. The predicted octanol–water partition coefficient (Wildman–Crippen LogP) is 3.10. The molecule has 1 unspecified atom stereocenters. The molecule has 0 saturated carbocycles. The van der Waals surface area contributed by atoms with E-state index < -0.39 is 0 Å². The van der Waals surface area contributed by atoms with Crippen LogP contribution >= 0.6 is 15.9 Å². The summed E-state index contributed by atoms with van der Waals surface area (Å²) >= 11 is 3.35. The van der Waals surface area contributed by atoms with Gasteiger partial charge in [0.1, 0.15) is 0 Å². The van der Waals surface area contributed by atoms with Gasteiger partial charge in [0.05, 0.1) is 0 Å². The topological polar surface area (TPSA) is 29.1 Å². The highest BCUT2D eigenvalue weighted by Crippen LogP contribution is 2.18. The van der Waals surface area contributed by atoms with Crippen molar-refractivity contribution in [1.29, 1.82) is 0 Å². The third-order valence-electron chi connectivity index (χ3n) is 2.46. The number of carbonyl (C=O) groups excluding carboxylic acids is 1. The molecular formula is C11H22BrNO. The molecule has 1 atom stereocenters. The van der Waals surface area contributed by atoms with Crippen LogP contribution in [-0.4, -0.2) is 17.3 Å². The summed E-state index contributed by atoms with van der Waals surface area (Å²) in [6, 6.07) is 0.235. The summed E-state index contributed by atoms with van der Waals surface area (Å²) in [6.07, 6.45) is 2.68. The van der Waals surface area contributed by atoms with Crippen molar-refractivity contribution < 1.29 is 4.79 Å². The van der Waals surface area contributed by atoms with Gasteiger partial charge < -0.3 is 5.32 Å². The molecule has 14 heavy (non-hydrogen) atoms. The molecule has 0 aromatic heterocycles. The van der Waals surface area contributed by atoms with E-state index in [0.717, 1.165) is 18.2 Å². The Balaban J connectivity index is 3.72. The maximum Gasteiger partial charge on any atom is 0.220 e. The number of hydrogen-bond donors (Lipinski definition) is 1. The molecule has 0 aromatic rings. The zero-order valence-corrected chi connectivity index (χ0v) is 11.3. The molecule has 0 spiro atoms. The first-order valence-corrected chi connectivity index (χ1v) is 6.35. The second-order valence-corrected chi connectivity index (χ2v) is 5.59. The zero-order chi connectivity index (χ0) is 11.2. The molecule has 0 aromatic carbocycles. The molecule has 0 radical (unpaired) electrons. The molecule has 2 nitrogen and oxygen atoms in total. The molecule has 3 heteroatoms. The highest BCUT2D eigenvalue weighted by molar-refractivity contribution is 9.09. The van der Waals surface area contributed by atoms with Crippen molar-refractivity contribution in [3.8, 4) is 0 Å². The van der Waals surface area contributed by atoms with E-state index >= 15 is 0 Å². The van der Waals surface area contributed by atoms with Gasteiger partial charge in [-0.15, -0.1) is 0 Å². The standard InChI is InChI=1S/C11H22BrNO/c1-9(11(2,3)4)13-10(14)7-5-6-8-12/h9H,5-8H2,1-4H3,(H,13,14). The molecule has 0 heterocycles. The van der Waals surface area contributed by atoms with E-state index in [-0.39, 0.29) is 17.4 Å². The molecule has 84 valence electrons. The van der Waals surface area contributed by atoms with E-state index in [1.807, 2.05) is 0 Å². The largest absolute Gasteiger partial charge is 0.353 e. The van der Waals surface area contributed by atoms with E-state index in [0.29, 0.717) is 6.42 Å². The van der Waals surface area contributed by atoms with Crippen LogP contribution in [-0.2, 0) is 4.79 Å². The van der Waals surface area contributed by atoms with Gasteiger partial charge in [-0.1, -0.05) is 36.7 Å². The van der Waals surface area contributed by atoms with Gasteiger partial charge in [-0.05, 0) is 25.2 Å². The fourth-order valence-corrected chi connectivity index (χ4v) is 1.31. The first kappa shape index (κ1) is 13.9. The SMILES string of the molecule is CC(NC(=O)CCCCBr)C(C)(C)C. The molecule has 0 saturated heterocycles. The second kappa shape index (κ2) is 6.44. The molecule has 0 aliphatic rings. The molecule has 1 amide bonds. The lowest BCUT2D eigenvalue weighted by Crippen LogP contribution is -2.41. The number of alkyl halides is 1. The van der Waals surface area contributed by atoms with Crippen LogP contribution in [0.3, 0.4) is 0 Å². The molecule has 0 bridgehead atoms. The maximum atomic E-state index is 11.4. The van der Waals surface area contributed by atoms with Crippen LogP contribution < -0.4 is 5.32 Å². The zero-order valence-electron chi connectivity index (χ0n) is 9.69. The number of halogens is 1. The maximum absolute atomic E-state index is 11.4. The lowest BCUT2D eigenvalue weighted by molar-refractivity contribution is -0.122. The van der Waals surface area contributed by atoms with Gasteiger partial charge in [0, 0.05) is 17.8 Å². The number of unbranched alkanes of at least 4 members (excludes halogenated alkanes) is 1. The van der Waals surface area contributed by atoms with Gasteiger partial charge in [0.2, 0.25) is 5.91 Å². The summed E-state index contributed by atoms with van der Waals surface area (Å²) in [4.78, 5) is 11.4. The number of amides is 1. The van der Waals surface area contributed by atoms with Crippen molar-refractivity contribution in [2.45, 2.75) is 53.0 Å². The lowest BCUT2D eigenvalue weighted by Gasteiger charge is -2.28. The minimum absolute atomic E-state index is 0.144. The molecule has 1 N–H and O–H groups in total. The number of carbonyl (C=O) groups is 1. The normalized spacial score (nSPS) is 13.8. The van der Waals surface area contributed by atoms with Crippen LogP contribution in [0.15, 0.2) is 0 Å². The highest BCUT2D eigenvalue weighted by atomic mass is 79.9. The average molecular weight is 264 g/mol. The minimum Gasteiger partial charge on any atom is -0.353 e. The monoisotopic (exact) mass is 263 g/mol. The third-order valence-corrected chi connectivity index (χ3v) is 3.02. The summed E-state index contributed by atoms with van der Waals surface area (Å²) in [5, 5.41) is 4.01. The summed E-state index contributed by atoms with van der Waals surface area (Å²) in [5.74, 6) is 0.174. The van der Waals surface area contributed by atoms with Crippen molar-refractivity contribution in [2.24, 2.45) is 5.41 Å². The van der Waals surface area contributed by atoms with Crippen LogP contribution in [0.25, 0.3) is 0 Å². The summed E-state index contributed by atoms with van der Waals surface area (Å²) < 4.78 is 0. The molecule has 0 aliphatic heterocycles. The van der Waals surface area contributed by atoms with Crippen molar-refractivity contribution in [3.63, 3.8) is 0 Å². The summed E-state index contributed by atoms with van der Waals surface area (Å²) in [5.41, 5.74) is 0.144. The van der Waals surface area contributed by atoms with Crippen molar-refractivity contribution in [1.82, 2.24) is 5.32 Å². The first-order valence-electron chi connectivity index (χ1n) is 5.23. The Morgan fingerprint density at radius 3 is 2.36 bits per heavy atom. The Kier molecular flexibility index (Phi) is 6.41. The average Bonchev–Trinajstić information content (AvgIpc) is 2.03. The molecule has 0 fully saturated rings. The predicted molar refractivity (Wildman–Crippen MR) is 64.7 cm³/mol. The number of hydrogen-bond acceptors (Lipinski definition) is 1. The summed E-state index contributed by atoms with van der Waals surface area (Å²) in [7, 11) is 0. The van der Waals surface area contributed by atoms with Crippen LogP contribution in [0.2, 0.25) is 0 Å². The van der Waals surface area contributed by atoms with E-state index in [2.05, 4.69) is 48.9 Å². The van der Waals surface area contributed by atoms with Crippen molar-refractivity contribution in [2.75, 3.05) is 5.33 Å². The Morgan fingerprint density at radius 2 is 1.93 bits per heavy atom. The van der Waals surface area contributed by atoms with Crippen LogP contribution in [0.5, 0.6) is 0 Å². The summed E-state index contributed by atoms with van der Waals surface area (Å²) in [6.45, 7) is 8.46. The highest BCUT2D eigenvalue weighted by Gasteiger charge is 2.21. The van der Waals surface area contributed by atoms with E-state index in [9.17, 15) is 4.79 Å². The van der Waals surface area contributed by atoms with Crippen molar-refractivity contribution in [3.05, 3.63) is 0 Å². The molecule has 0 aliphatic carbocycles. The van der Waals surface area contributed by atoms with Gasteiger partial charge in [-0.25, -0.2) is 0 Å². The Hall–Kier alpha value is -0.0500. The molecule has 0 rings (SSSR count). The van der Waals surface area contributed by atoms with Gasteiger partial charge in [0.15, 0.2) is 0 Å². The number of nitrogens with one attached hydrogen (secondary N) is 1. The molecular weight excluding hydrogens is 242 g/mol. The van der Waals surface area contributed by atoms with Gasteiger partial charge in [-0.2, -0.15) is 0 Å². The minimum atomic E-state index is 0.144. The second-order valence-electron chi connectivity index (χ2n) is 4.80. The fraction of sp³-hybridized carbons (Fsp3) is 0.909. The lowest BCUT2D eigenvalue weighted by atomic mass is 9.88. The van der Waals surface area contributed by atoms with E-state index in [1.54, 1.807) is 0 Å². The van der Waals surface area contributed by atoms with Crippen LogP contribution in [0, 0.1) is 5.41 Å².